The van der Waals surface area contributed by atoms with E-state index in [-0.39, 0.29) is 36.8 Å². The number of carbonyl (C=O) groups excluding carboxylic acids is 1. The maximum atomic E-state index is 12.3. The van der Waals surface area contributed by atoms with Crippen LogP contribution in [0.5, 0.6) is 0 Å². The zero-order valence-corrected chi connectivity index (χ0v) is 17.0. The highest BCUT2D eigenvalue weighted by molar-refractivity contribution is 5.85. The Hall–Kier alpha value is -0.810. The van der Waals surface area contributed by atoms with Gasteiger partial charge >= 0.3 is 0 Å². The lowest BCUT2D eigenvalue weighted by atomic mass is 10.1. The van der Waals surface area contributed by atoms with Crippen LogP contribution in [0.4, 0.5) is 0 Å². The smallest absolute Gasteiger partial charge is 0.222 e. The Morgan fingerprint density at radius 1 is 1.32 bits per heavy atom. The van der Waals surface area contributed by atoms with Crippen molar-refractivity contribution in [1.82, 2.24) is 9.80 Å². The van der Waals surface area contributed by atoms with Crippen LogP contribution in [0.1, 0.15) is 38.7 Å². The lowest BCUT2D eigenvalue weighted by Crippen LogP contribution is -2.36. The quantitative estimate of drug-likeness (QED) is 0.741. The molecular formula is C19H33Cl2N3O. The van der Waals surface area contributed by atoms with Crippen molar-refractivity contribution in [3.63, 3.8) is 0 Å². The van der Waals surface area contributed by atoms with E-state index in [1.54, 1.807) is 0 Å². The van der Waals surface area contributed by atoms with Gasteiger partial charge in [-0.25, -0.2) is 0 Å². The summed E-state index contributed by atoms with van der Waals surface area (Å²) in [5, 5.41) is 0. The van der Waals surface area contributed by atoms with E-state index in [2.05, 4.69) is 42.2 Å². The van der Waals surface area contributed by atoms with Gasteiger partial charge in [-0.05, 0) is 44.7 Å². The monoisotopic (exact) mass is 389 g/mol. The average Bonchev–Trinajstić information content (AvgIpc) is 2.98. The second-order valence-corrected chi connectivity index (χ2v) is 6.82. The third kappa shape index (κ3) is 8.41. The number of hydrogen-bond acceptors (Lipinski definition) is 3. The third-order valence-corrected chi connectivity index (χ3v) is 4.65. The molecule has 4 nitrogen and oxygen atoms in total. The minimum atomic E-state index is 0. The zero-order chi connectivity index (χ0) is 16.7. The predicted octanol–water partition coefficient (Wildman–Crippen LogP) is 3.33. The van der Waals surface area contributed by atoms with Gasteiger partial charge < -0.3 is 10.6 Å². The van der Waals surface area contributed by atoms with Crippen LogP contribution in [0.2, 0.25) is 0 Å². The van der Waals surface area contributed by atoms with Gasteiger partial charge in [-0.3, -0.25) is 9.69 Å². The minimum absolute atomic E-state index is 0. The Kier molecular flexibility index (Phi) is 12.1. The molecule has 0 spiro atoms. The molecule has 2 N–H and O–H groups in total. The molecule has 1 heterocycles. The van der Waals surface area contributed by atoms with Gasteiger partial charge in [0, 0.05) is 38.6 Å². The lowest BCUT2D eigenvalue weighted by molar-refractivity contribution is -0.131. The second kappa shape index (κ2) is 12.5. The molecule has 0 radical (unpaired) electrons. The number of halogens is 2. The van der Waals surface area contributed by atoms with Crippen LogP contribution in [0, 0.1) is 5.92 Å². The van der Waals surface area contributed by atoms with Gasteiger partial charge in [0.15, 0.2) is 0 Å². The van der Waals surface area contributed by atoms with Crippen molar-refractivity contribution in [1.29, 1.82) is 0 Å². The van der Waals surface area contributed by atoms with E-state index < -0.39 is 0 Å². The molecule has 1 saturated heterocycles. The summed E-state index contributed by atoms with van der Waals surface area (Å²) in [5.41, 5.74) is 7.13. The van der Waals surface area contributed by atoms with E-state index in [0.717, 1.165) is 39.1 Å². The first kappa shape index (κ1) is 24.2. The van der Waals surface area contributed by atoms with Gasteiger partial charge in [0.1, 0.15) is 0 Å². The highest BCUT2D eigenvalue weighted by Crippen LogP contribution is 2.20. The number of carbonyl (C=O) groups is 1. The average molecular weight is 390 g/mol. The largest absolute Gasteiger partial charge is 0.343 e. The number of amides is 1. The van der Waals surface area contributed by atoms with E-state index in [4.69, 9.17) is 5.73 Å². The van der Waals surface area contributed by atoms with Crippen molar-refractivity contribution in [2.45, 2.75) is 45.7 Å². The number of benzene rings is 1. The van der Waals surface area contributed by atoms with Gasteiger partial charge in [0.05, 0.1) is 0 Å². The summed E-state index contributed by atoms with van der Waals surface area (Å²) in [7, 11) is 0. The summed E-state index contributed by atoms with van der Waals surface area (Å²) in [4.78, 5) is 16.8. The molecule has 25 heavy (non-hydrogen) atoms. The molecule has 1 fully saturated rings. The van der Waals surface area contributed by atoms with Crippen molar-refractivity contribution in [2.24, 2.45) is 11.7 Å². The van der Waals surface area contributed by atoms with Gasteiger partial charge in [0.25, 0.3) is 0 Å². The SMILES string of the molecule is CCN(CC1CCN(Cc2ccccc2)C1)C(=O)CCC(C)N.Cl.Cl. The van der Waals surface area contributed by atoms with Gasteiger partial charge in [-0.1, -0.05) is 30.3 Å². The van der Waals surface area contributed by atoms with E-state index in [1.807, 2.05) is 11.8 Å². The molecule has 0 bridgehead atoms. The molecule has 0 aromatic heterocycles. The number of likely N-dealkylation sites (tertiary alicyclic amines) is 1. The summed E-state index contributed by atoms with van der Waals surface area (Å²) in [6, 6.07) is 10.7. The number of nitrogens with two attached hydrogens (primary N) is 1. The highest BCUT2D eigenvalue weighted by Gasteiger charge is 2.25. The van der Waals surface area contributed by atoms with Gasteiger partial charge in [-0.15, -0.1) is 24.8 Å². The Morgan fingerprint density at radius 2 is 2.00 bits per heavy atom. The van der Waals surface area contributed by atoms with E-state index >= 15 is 0 Å². The highest BCUT2D eigenvalue weighted by atomic mass is 35.5. The molecule has 2 rings (SSSR count). The topological polar surface area (TPSA) is 49.6 Å². The van der Waals surface area contributed by atoms with Gasteiger partial charge in [-0.2, -0.15) is 0 Å². The Morgan fingerprint density at radius 3 is 2.60 bits per heavy atom. The van der Waals surface area contributed by atoms with E-state index in [1.165, 1.54) is 12.0 Å². The number of rotatable bonds is 8. The first-order valence-corrected chi connectivity index (χ1v) is 8.88. The first-order valence-electron chi connectivity index (χ1n) is 8.88. The van der Waals surface area contributed by atoms with Crippen LogP contribution in [0.25, 0.3) is 0 Å². The third-order valence-electron chi connectivity index (χ3n) is 4.65. The molecule has 1 aromatic carbocycles. The van der Waals surface area contributed by atoms with Crippen molar-refractivity contribution < 1.29 is 4.79 Å². The summed E-state index contributed by atoms with van der Waals surface area (Å²) in [5.74, 6) is 0.851. The van der Waals surface area contributed by atoms with Crippen LogP contribution in [0.3, 0.4) is 0 Å². The van der Waals surface area contributed by atoms with Crippen LogP contribution in [0.15, 0.2) is 30.3 Å². The van der Waals surface area contributed by atoms with Crippen molar-refractivity contribution in [3.8, 4) is 0 Å². The molecule has 2 atom stereocenters. The molecule has 1 aliphatic rings. The van der Waals surface area contributed by atoms with Crippen LogP contribution in [-0.4, -0.2) is 47.9 Å². The molecule has 144 valence electrons. The lowest BCUT2D eigenvalue weighted by Gasteiger charge is -2.25. The van der Waals surface area contributed by atoms with Crippen molar-refractivity contribution >= 4 is 30.7 Å². The fourth-order valence-corrected chi connectivity index (χ4v) is 3.28. The molecule has 6 heteroatoms. The molecule has 0 aliphatic carbocycles. The summed E-state index contributed by atoms with van der Waals surface area (Å²) >= 11 is 0. The molecule has 2 unspecified atom stereocenters. The van der Waals surface area contributed by atoms with Crippen LogP contribution >= 0.6 is 24.8 Å². The summed E-state index contributed by atoms with van der Waals surface area (Å²) in [6.07, 6.45) is 2.54. The van der Waals surface area contributed by atoms with E-state index in [0.29, 0.717) is 12.3 Å². The molecular weight excluding hydrogens is 357 g/mol. The summed E-state index contributed by atoms with van der Waals surface area (Å²) < 4.78 is 0. The standard InChI is InChI=1S/C19H31N3O.2ClH/c1-3-22(19(23)10-9-16(2)20)15-18-11-12-21(14-18)13-17-7-5-4-6-8-17;;/h4-8,16,18H,3,9-15,20H2,1-2H3;2*1H. The van der Waals surface area contributed by atoms with Crippen molar-refractivity contribution in [3.05, 3.63) is 35.9 Å². The number of nitrogens with zero attached hydrogens (tertiary/aromatic N) is 2. The zero-order valence-electron chi connectivity index (χ0n) is 15.4. The fraction of sp³-hybridized carbons (Fsp3) is 0.632. The molecule has 1 aliphatic heterocycles. The number of hydrogen-bond donors (Lipinski definition) is 1. The first-order chi connectivity index (χ1) is 11.1. The summed E-state index contributed by atoms with van der Waals surface area (Å²) in [6.45, 7) is 8.95. The normalized spacial score (nSPS) is 18.1. The van der Waals surface area contributed by atoms with Crippen LogP contribution < -0.4 is 5.73 Å². The Labute approximate surface area is 164 Å². The molecule has 1 amide bonds. The Bertz CT molecular complexity index is 485. The van der Waals surface area contributed by atoms with Crippen molar-refractivity contribution in [2.75, 3.05) is 26.2 Å². The fourth-order valence-electron chi connectivity index (χ4n) is 3.28. The predicted molar refractivity (Wildman–Crippen MR) is 109 cm³/mol. The van der Waals surface area contributed by atoms with E-state index in [9.17, 15) is 4.79 Å². The van der Waals surface area contributed by atoms with Crippen LogP contribution in [-0.2, 0) is 11.3 Å². The Balaban J connectivity index is 0.00000288. The second-order valence-electron chi connectivity index (χ2n) is 6.82. The molecule has 0 saturated carbocycles. The maximum absolute atomic E-state index is 12.3. The van der Waals surface area contributed by atoms with Gasteiger partial charge in [0.2, 0.25) is 5.91 Å². The minimum Gasteiger partial charge on any atom is -0.343 e. The maximum Gasteiger partial charge on any atom is 0.222 e. The molecule has 1 aromatic rings.